The van der Waals surface area contributed by atoms with Gasteiger partial charge < -0.3 is 5.32 Å². The molecule has 66 valence electrons. The van der Waals surface area contributed by atoms with Crippen LogP contribution in [0, 0.1) is 3.57 Å². The third-order valence-corrected chi connectivity index (χ3v) is 2.02. The van der Waals surface area contributed by atoms with Gasteiger partial charge in [-0.15, -0.1) is 0 Å². The summed E-state index contributed by atoms with van der Waals surface area (Å²) >= 11 is 2.16. The minimum Gasteiger partial charge on any atom is -0.379 e. The van der Waals surface area contributed by atoms with E-state index in [4.69, 9.17) is 0 Å². The van der Waals surface area contributed by atoms with E-state index in [1.807, 2.05) is 12.1 Å². The highest BCUT2D eigenvalue weighted by molar-refractivity contribution is 14.1. The van der Waals surface area contributed by atoms with Crippen LogP contribution in [0.3, 0.4) is 0 Å². The second-order valence-electron chi connectivity index (χ2n) is 2.28. The molecule has 1 rings (SSSR count). The molecule has 0 aliphatic rings. The van der Waals surface area contributed by atoms with Crippen LogP contribution < -0.4 is 5.32 Å². The standard InChI is InChI=1S/C8H8F2IN/c9-8(10)5-12-7-3-1-6(11)2-4-7/h1-4,8,12H,5H2. The molecule has 0 radical (unpaired) electrons. The number of benzene rings is 1. The molecule has 4 heteroatoms. The number of anilines is 1. The lowest BCUT2D eigenvalue weighted by Gasteiger charge is -2.04. The first-order valence-corrected chi connectivity index (χ1v) is 4.54. The van der Waals surface area contributed by atoms with Crippen molar-refractivity contribution in [3.63, 3.8) is 0 Å². The van der Waals surface area contributed by atoms with Crippen LogP contribution in [0.25, 0.3) is 0 Å². The first-order valence-electron chi connectivity index (χ1n) is 3.46. The number of rotatable bonds is 3. The monoisotopic (exact) mass is 283 g/mol. The molecule has 0 saturated heterocycles. The molecular weight excluding hydrogens is 275 g/mol. The molecule has 0 heterocycles. The van der Waals surface area contributed by atoms with Gasteiger partial charge in [-0.25, -0.2) is 8.78 Å². The average molecular weight is 283 g/mol. The van der Waals surface area contributed by atoms with Gasteiger partial charge in [0.25, 0.3) is 6.43 Å². The average Bonchev–Trinajstić information content (AvgIpc) is 2.03. The summed E-state index contributed by atoms with van der Waals surface area (Å²) in [6, 6.07) is 7.30. The first-order chi connectivity index (χ1) is 5.68. The first kappa shape index (κ1) is 9.70. The highest BCUT2D eigenvalue weighted by Gasteiger charge is 2.00. The van der Waals surface area contributed by atoms with Crippen LogP contribution in [-0.4, -0.2) is 13.0 Å². The van der Waals surface area contributed by atoms with Gasteiger partial charge in [0.05, 0.1) is 6.54 Å². The van der Waals surface area contributed by atoms with Crippen LogP contribution in [0.2, 0.25) is 0 Å². The normalized spacial score (nSPS) is 10.3. The summed E-state index contributed by atoms with van der Waals surface area (Å²) in [6.45, 7) is -0.291. The highest BCUT2D eigenvalue weighted by Crippen LogP contribution is 2.11. The van der Waals surface area contributed by atoms with Crippen molar-refractivity contribution in [2.45, 2.75) is 6.43 Å². The molecule has 0 amide bonds. The molecular formula is C8H8F2IN. The van der Waals surface area contributed by atoms with Crippen LogP contribution in [0.15, 0.2) is 24.3 Å². The fraction of sp³-hybridized carbons (Fsp3) is 0.250. The van der Waals surface area contributed by atoms with Gasteiger partial charge in [-0.2, -0.15) is 0 Å². The summed E-state index contributed by atoms with van der Waals surface area (Å²) in [5, 5.41) is 2.62. The van der Waals surface area contributed by atoms with E-state index in [0.29, 0.717) is 0 Å². The zero-order valence-electron chi connectivity index (χ0n) is 6.23. The van der Waals surface area contributed by atoms with E-state index in [0.717, 1.165) is 9.26 Å². The third kappa shape index (κ3) is 3.34. The van der Waals surface area contributed by atoms with E-state index in [1.165, 1.54) is 0 Å². The number of alkyl halides is 2. The lowest BCUT2D eigenvalue weighted by atomic mass is 10.3. The van der Waals surface area contributed by atoms with Crippen LogP contribution in [0.5, 0.6) is 0 Å². The van der Waals surface area contributed by atoms with Crippen molar-refractivity contribution < 1.29 is 8.78 Å². The topological polar surface area (TPSA) is 12.0 Å². The molecule has 0 spiro atoms. The molecule has 0 fully saturated rings. The molecule has 0 bridgehead atoms. The summed E-state index contributed by atoms with van der Waals surface area (Å²) < 4.78 is 24.6. The van der Waals surface area contributed by atoms with Gasteiger partial charge in [0.1, 0.15) is 0 Å². The largest absolute Gasteiger partial charge is 0.379 e. The molecule has 0 aliphatic carbocycles. The minimum atomic E-state index is -2.30. The Morgan fingerprint density at radius 2 is 1.83 bits per heavy atom. The molecule has 1 nitrogen and oxygen atoms in total. The van der Waals surface area contributed by atoms with Gasteiger partial charge in [0.2, 0.25) is 0 Å². The van der Waals surface area contributed by atoms with Crippen LogP contribution in [-0.2, 0) is 0 Å². The fourth-order valence-corrected chi connectivity index (χ4v) is 1.12. The van der Waals surface area contributed by atoms with E-state index in [-0.39, 0.29) is 6.54 Å². The number of hydrogen-bond acceptors (Lipinski definition) is 1. The maximum absolute atomic E-state index is 11.7. The molecule has 1 aromatic rings. The van der Waals surface area contributed by atoms with Crippen LogP contribution >= 0.6 is 22.6 Å². The summed E-state index contributed by atoms with van der Waals surface area (Å²) in [5.41, 5.74) is 0.732. The maximum atomic E-state index is 11.7. The second kappa shape index (κ2) is 4.59. The zero-order chi connectivity index (χ0) is 8.97. The molecule has 0 aromatic heterocycles. The Balaban J connectivity index is 2.48. The summed E-state index contributed by atoms with van der Waals surface area (Å²) in [7, 11) is 0. The van der Waals surface area contributed by atoms with Crippen LogP contribution in [0.4, 0.5) is 14.5 Å². The molecule has 1 N–H and O–H groups in total. The quantitative estimate of drug-likeness (QED) is 0.841. The maximum Gasteiger partial charge on any atom is 0.255 e. The minimum absolute atomic E-state index is 0.291. The summed E-state index contributed by atoms with van der Waals surface area (Å²) in [4.78, 5) is 0. The van der Waals surface area contributed by atoms with Gasteiger partial charge in [-0.1, -0.05) is 0 Å². The van der Waals surface area contributed by atoms with Crippen molar-refractivity contribution >= 4 is 28.3 Å². The van der Waals surface area contributed by atoms with E-state index in [9.17, 15) is 8.78 Å². The van der Waals surface area contributed by atoms with Crippen molar-refractivity contribution in [3.8, 4) is 0 Å². The van der Waals surface area contributed by atoms with Crippen molar-refractivity contribution in [2.24, 2.45) is 0 Å². The SMILES string of the molecule is FC(F)CNc1ccc(I)cc1. The Kier molecular flexibility index (Phi) is 3.71. The van der Waals surface area contributed by atoms with E-state index < -0.39 is 6.43 Å². The second-order valence-corrected chi connectivity index (χ2v) is 3.52. The predicted molar refractivity (Wildman–Crippen MR) is 53.7 cm³/mol. The zero-order valence-corrected chi connectivity index (χ0v) is 8.39. The Bertz CT molecular complexity index is 235. The number of halogens is 3. The third-order valence-electron chi connectivity index (χ3n) is 1.30. The summed E-state index contributed by atoms with van der Waals surface area (Å²) in [6.07, 6.45) is -2.30. The Hall–Kier alpha value is -0.390. The Morgan fingerprint density at radius 3 is 2.33 bits per heavy atom. The van der Waals surface area contributed by atoms with Crippen molar-refractivity contribution in [1.82, 2.24) is 0 Å². The molecule has 0 atom stereocenters. The van der Waals surface area contributed by atoms with Gasteiger partial charge in [-0.05, 0) is 46.9 Å². The van der Waals surface area contributed by atoms with Gasteiger partial charge in [0, 0.05) is 9.26 Å². The Morgan fingerprint density at radius 1 is 1.25 bits per heavy atom. The van der Waals surface area contributed by atoms with Crippen molar-refractivity contribution in [1.29, 1.82) is 0 Å². The lowest BCUT2D eigenvalue weighted by molar-refractivity contribution is 0.163. The van der Waals surface area contributed by atoms with Crippen molar-refractivity contribution in [3.05, 3.63) is 27.8 Å². The molecule has 1 aromatic carbocycles. The highest BCUT2D eigenvalue weighted by atomic mass is 127. The predicted octanol–water partition coefficient (Wildman–Crippen LogP) is 2.97. The molecule has 0 aliphatic heterocycles. The van der Waals surface area contributed by atoms with Gasteiger partial charge in [-0.3, -0.25) is 0 Å². The summed E-state index contributed by atoms with van der Waals surface area (Å²) in [5.74, 6) is 0. The number of hydrogen-bond donors (Lipinski definition) is 1. The molecule has 12 heavy (non-hydrogen) atoms. The van der Waals surface area contributed by atoms with E-state index in [1.54, 1.807) is 12.1 Å². The van der Waals surface area contributed by atoms with E-state index in [2.05, 4.69) is 27.9 Å². The Labute approximate surface area is 83.3 Å². The van der Waals surface area contributed by atoms with Gasteiger partial charge in [0.15, 0.2) is 0 Å². The smallest absolute Gasteiger partial charge is 0.255 e. The lowest BCUT2D eigenvalue weighted by Crippen LogP contribution is -2.09. The van der Waals surface area contributed by atoms with Crippen LogP contribution in [0.1, 0.15) is 0 Å². The van der Waals surface area contributed by atoms with Gasteiger partial charge >= 0.3 is 0 Å². The number of nitrogens with one attached hydrogen (secondary N) is 1. The fourth-order valence-electron chi connectivity index (χ4n) is 0.763. The van der Waals surface area contributed by atoms with Crippen molar-refractivity contribution in [2.75, 3.05) is 11.9 Å². The molecule has 0 unspecified atom stereocenters. The molecule has 0 saturated carbocycles. The van der Waals surface area contributed by atoms with E-state index >= 15 is 0 Å².